The number of nitro benzene ring substituents is 1. The summed E-state index contributed by atoms with van der Waals surface area (Å²) in [7, 11) is 1.47. The predicted molar refractivity (Wildman–Crippen MR) is 69.5 cm³/mol. The van der Waals surface area contributed by atoms with Gasteiger partial charge in [-0.1, -0.05) is 0 Å². The van der Waals surface area contributed by atoms with Crippen LogP contribution in [0.15, 0.2) is 34.9 Å². The number of halogens is 1. The third kappa shape index (κ3) is 3.16. The molecule has 2 aromatic rings. The summed E-state index contributed by atoms with van der Waals surface area (Å²) in [6.07, 6.45) is 1.49. The van der Waals surface area contributed by atoms with E-state index in [2.05, 4.69) is 25.9 Å². The minimum atomic E-state index is -0.483. The lowest BCUT2D eigenvalue weighted by Gasteiger charge is -2.05. The second kappa shape index (κ2) is 5.61. The Hall–Kier alpha value is -2.22. The summed E-state index contributed by atoms with van der Waals surface area (Å²) < 4.78 is 11.0. The first-order chi connectivity index (χ1) is 9.10. The van der Waals surface area contributed by atoms with Gasteiger partial charge in [0.25, 0.3) is 5.69 Å². The lowest BCUT2D eigenvalue weighted by atomic mass is 10.3. The van der Waals surface area contributed by atoms with Gasteiger partial charge in [0.1, 0.15) is 5.75 Å². The van der Waals surface area contributed by atoms with Crippen molar-refractivity contribution in [2.75, 3.05) is 7.11 Å². The van der Waals surface area contributed by atoms with Crippen LogP contribution < -0.4 is 9.47 Å². The molecule has 0 unspecified atom stereocenters. The molecule has 0 amide bonds. The van der Waals surface area contributed by atoms with E-state index in [9.17, 15) is 10.1 Å². The number of hydrogen-bond acceptors (Lipinski definition) is 6. The van der Waals surface area contributed by atoms with E-state index in [4.69, 9.17) is 9.47 Å². The van der Waals surface area contributed by atoms with Crippen LogP contribution in [-0.2, 0) is 0 Å². The molecule has 1 aromatic carbocycles. The van der Waals surface area contributed by atoms with Gasteiger partial charge in [-0.15, -0.1) is 0 Å². The van der Waals surface area contributed by atoms with Gasteiger partial charge in [-0.3, -0.25) is 10.1 Å². The van der Waals surface area contributed by atoms with Crippen LogP contribution >= 0.6 is 15.9 Å². The molecular formula is C11H8BrN3O4. The highest BCUT2D eigenvalue weighted by atomic mass is 79.9. The van der Waals surface area contributed by atoms with Gasteiger partial charge < -0.3 is 9.47 Å². The smallest absolute Gasteiger partial charge is 0.325 e. The third-order valence-electron chi connectivity index (χ3n) is 2.14. The largest absolute Gasteiger partial charge is 0.480 e. The van der Waals surface area contributed by atoms with Crippen molar-refractivity contribution in [1.82, 2.24) is 9.97 Å². The molecule has 7 nitrogen and oxygen atoms in total. The number of rotatable bonds is 4. The molecule has 1 aromatic heterocycles. The third-order valence-corrected chi connectivity index (χ3v) is 2.68. The summed E-state index contributed by atoms with van der Waals surface area (Å²) in [5.41, 5.74) is -0.0124. The zero-order valence-electron chi connectivity index (χ0n) is 9.74. The first-order valence-corrected chi connectivity index (χ1v) is 5.88. The van der Waals surface area contributed by atoms with E-state index in [1.165, 1.54) is 37.6 Å². The number of nitro groups is 1. The zero-order chi connectivity index (χ0) is 13.8. The average molecular weight is 326 g/mol. The lowest BCUT2D eigenvalue weighted by molar-refractivity contribution is -0.384. The fourth-order valence-electron chi connectivity index (χ4n) is 1.27. The first-order valence-electron chi connectivity index (χ1n) is 5.09. The van der Waals surface area contributed by atoms with Gasteiger partial charge in [-0.2, -0.15) is 4.98 Å². The van der Waals surface area contributed by atoms with Gasteiger partial charge >= 0.3 is 6.01 Å². The van der Waals surface area contributed by atoms with Gasteiger partial charge in [0.05, 0.1) is 22.7 Å². The van der Waals surface area contributed by atoms with Crippen molar-refractivity contribution >= 4 is 21.6 Å². The van der Waals surface area contributed by atoms with Crippen molar-refractivity contribution in [3.8, 4) is 17.6 Å². The number of aromatic nitrogens is 2. The summed E-state index contributed by atoms with van der Waals surface area (Å²) in [5, 5.41) is 10.5. The Morgan fingerprint density at radius 2 is 2.00 bits per heavy atom. The molecule has 8 heteroatoms. The maximum atomic E-state index is 10.5. The van der Waals surface area contributed by atoms with E-state index in [-0.39, 0.29) is 11.7 Å². The highest BCUT2D eigenvalue weighted by molar-refractivity contribution is 9.10. The molecule has 98 valence electrons. The van der Waals surface area contributed by atoms with Crippen LogP contribution in [0.25, 0.3) is 0 Å². The molecule has 0 N–H and O–H groups in total. The Kier molecular flexibility index (Phi) is 3.91. The van der Waals surface area contributed by atoms with E-state index in [1.54, 1.807) is 0 Å². The molecule has 0 fully saturated rings. The maximum absolute atomic E-state index is 10.5. The van der Waals surface area contributed by atoms with Gasteiger partial charge in [0, 0.05) is 12.1 Å². The monoisotopic (exact) mass is 325 g/mol. The number of nitrogens with zero attached hydrogens (tertiary/aromatic N) is 3. The first kappa shape index (κ1) is 13.2. The Balaban J connectivity index is 2.19. The van der Waals surface area contributed by atoms with Gasteiger partial charge in [-0.25, -0.2) is 4.98 Å². The minimum Gasteiger partial charge on any atom is -0.480 e. The quantitative estimate of drug-likeness (QED) is 0.634. The predicted octanol–water partition coefficient (Wildman–Crippen LogP) is 2.95. The molecule has 0 aliphatic carbocycles. The van der Waals surface area contributed by atoms with Crippen LogP contribution in [0.4, 0.5) is 5.69 Å². The summed E-state index contributed by atoms with van der Waals surface area (Å²) >= 11 is 3.22. The molecular weight excluding hydrogens is 318 g/mol. The summed E-state index contributed by atoms with van der Waals surface area (Å²) in [6, 6.07) is 5.71. The summed E-state index contributed by atoms with van der Waals surface area (Å²) in [5.74, 6) is 0.738. The Morgan fingerprint density at radius 3 is 2.58 bits per heavy atom. The van der Waals surface area contributed by atoms with Crippen molar-refractivity contribution < 1.29 is 14.4 Å². The van der Waals surface area contributed by atoms with Crippen LogP contribution in [0.1, 0.15) is 0 Å². The van der Waals surface area contributed by atoms with Gasteiger partial charge in [0.2, 0.25) is 5.88 Å². The van der Waals surface area contributed by atoms with E-state index >= 15 is 0 Å². The number of hydrogen-bond donors (Lipinski definition) is 0. The van der Waals surface area contributed by atoms with Crippen molar-refractivity contribution in [2.45, 2.75) is 0 Å². The highest BCUT2D eigenvalue weighted by Crippen LogP contribution is 2.26. The molecule has 1 heterocycles. The SMILES string of the molecule is COc1nc(Oc2ccc([N+](=O)[O-])cc2)ncc1Br. The highest BCUT2D eigenvalue weighted by Gasteiger charge is 2.09. The Bertz CT molecular complexity index is 603. The minimum absolute atomic E-state index is 0.0124. The van der Waals surface area contributed by atoms with Crippen molar-refractivity contribution in [3.63, 3.8) is 0 Å². The molecule has 0 radical (unpaired) electrons. The fraction of sp³-hybridized carbons (Fsp3) is 0.0909. The standard InChI is InChI=1S/C11H8BrN3O4/c1-18-10-9(12)6-13-11(14-10)19-8-4-2-7(3-5-8)15(16)17/h2-6H,1H3. The second-order valence-corrected chi connectivity index (χ2v) is 4.22. The van der Waals surface area contributed by atoms with Crippen molar-refractivity contribution in [2.24, 2.45) is 0 Å². The second-order valence-electron chi connectivity index (χ2n) is 3.36. The van der Waals surface area contributed by atoms with Crippen LogP contribution in [-0.4, -0.2) is 22.0 Å². The normalized spacial score (nSPS) is 10.0. The van der Waals surface area contributed by atoms with Gasteiger partial charge in [-0.05, 0) is 28.1 Å². The van der Waals surface area contributed by atoms with Crippen molar-refractivity contribution in [3.05, 3.63) is 45.0 Å². The molecule has 0 saturated heterocycles. The number of non-ortho nitro benzene ring substituents is 1. The van der Waals surface area contributed by atoms with E-state index in [0.29, 0.717) is 16.1 Å². The van der Waals surface area contributed by atoms with Crippen molar-refractivity contribution in [1.29, 1.82) is 0 Å². The lowest BCUT2D eigenvalue weighted by Crippen LogP contribution is -1.96. The summed E-state index contributed by atoms with van der Waals surface area (Å²) in [6.45, 7) is 0. The van der Waals surface area contributed by atoms with E-state index in [1.807, 2.05) is 0 Å². The Labute approximate surface area is 116 Å². The molecule has 0 aliphatic rings. The average Bonchev–Trinajstić information content (AvgIpc) is 2.41. The molecule has 0 atom stereocenters. The van der Waals surface area contributed by atoms with Crippen LogP contribution in [0.2, 0.25) is 0 Å². The van der Waals surface area contributed by atoms with Crippen LogP contribution in [0.3, 0.4) is 0 Å². The van der Waals surface area contributed by atoms with Crippen LogP contribution in [0.5, 0.6) is 17.6 Å². The number of methoxy groups -OCH3 is 1. The topological polar surface area (TPSA) is 87.4 Å². The fourth-order valence-corrected chi connectivity index (χ4v) is 1.62. The van der Waals surface area contributed by atoms with Gasteiger partial charge in [0.15, 0.2) is 0 Å². The molecule has 2 rings (SSSR count). The maximum Gasteiger partial charge on any atom is 0.325 e. The van der Waals surface area contributed by atoms with E-state index in [0.717, 1.165) is 0 Å². The Morgan fingerprint density at radius 1 is 1.32 bits per heavy atom. The van der Waals surface area contributed by atoms with Crippen LogP contribution in [0, 0.1) is 10.1 Å². The molecule has 19 heavy (non-hydrogen) atoms. The van der Waals surface area contributed by atoms with E-state index < -0.39 is 4.92 Å². The molecule has 0 aliphatic heterocycles. The molecule has 0 bridgehead atoms. The number of benzene rings is 1. The zero-order valence-corrected chi connectivity index (χ0v) is 11.3. The summed E-state index contributed by atoms with van der Waals surface area (Å²) in [4.78, 5) is 18.0. The molecule has 0 spiro atoms. The molecule has 0 saturated carbocycles. The number of ether oxygens (including phenoxy) is 2.